The topological polar surface area (TPSA) is 17.8 Å². The summed E-state index contributed by atoms with van der Waals surface area (Å²) in [7, 11) is -0.892. The number of nitrogens with zero attached hydrogens (tertiary/aromatic N) is 2. The van der Waals surface area contributed by atoms with Crippen LogP contribution in [0, 0.1) is 0 Å². The van der Waals surface area contributed by atoms with Crippen LogP contribution in [-0.4, -0.2) is 17.6 Å². The number of imidazole rings is 1. The van der Waals surface area contributed by atoms with Gasteiger partial charge in [-0.1, -0.05) is 37.8 Å². The molecule has 0 saturated carbocycles. The van der Waals surface area contributed by atoms with Crippen LogP contribution < -0.4 is 0 Å². The highest BCUT2D eigenvalue weighted by Crippen LogP contribution is 2.15. The largest absolute Gasteiger partial charge is 0.331 e. The van der Waals surface area contributed by atoms with Crippen molar-refractivity contribution in [3.05, 3.63) is 30.6 Å². The van der Waals surface area contributed by atoms with E-state index in [0.717, 1.165) is 12.1 Å². The number of benzene rings is 1. The zero-order valence-corrected chi connectivity index (χ0v) is 11.4. The van der Waals surface area contributed by atoms with E-state index in [1.54, 1.807) is 0 Å². The zero-order chi connectivity index (χ0) is 11.6. The lowest BCUT2D eigenvalue weighted by molar-refractivity contribution is 0.691. The molecule has 2 nitrogen and oxygen atoms in total. The molecule has 0 spiro atoms. The van der Waals surface area contributed by atoms with Crippen LogP contribution >= 0.6 is 0 Å². The molecule has 0 aliphatic carbocycles. The summed E-state index contributed by atoms with van der Waals surface area (Å²) in [5.41, 5.74) is 2.37. The Morgan fingerprint density at radius 2 is 1.94 bits per heavy atom. The molecule has 0 atom stereocenters. The average Bonchev–Trinajstić information content (AvgIpc) is 2.60. The lowest BCUT2D eigenvalue weighted by Gasteiger charge is -2.15. The fourth-order valence-electron chi connectivity index (χ4n) is 1.97. The van der Waals surface area contributed by atoms with Crippen LogP contribution in [0.3, 0.4) is 0 Å². The second-order valence-corrected chi connectivity index (χ2v) is 11.2. The first-order valence-corrected chi connectivity index (χ1v) is 9.67. The van der Waals surface area contributed by atoms with Crippen molar-refractivity contribution in [1.29, 1.82) is 0 Å². The van der Waals surface area contributed by atoms with E-state index in [9.17, 15) is 0 Å². The number of hydrogen-bond donors (Lipinski definition) is 0. The second-order valence-electron chi connectivity index (χ2n) is 5.59. The third kappa shape index (κ3) is 2.73. The third-order valence-electron chi connectivity index (χ3n) is 2.85. The molecular formula is C13H20N2Si. The second kappa shape index (κ2) is 4.42. The Morgan fingerprint density at radius 1 is 1.19 bits per heavy atom. The number of rotatable bonds is 4. The van der Waals surface area contributed by atoms with Crippen LogP contribution in [0.5, 0.6) is 0 Å². The molecule has 0 aliphatic heterocycles. The lowest BCUT2D eigenvalue weighted by atomic mass is 10.3. The number of fused-ring (bicyclic) bond motifs is 1. The first-order chi connectivity index (χ1) is 7.56. The van der Waals surface area contributed by atoms with Crippen LogP contribution in [-0.2, 0) is 6.54 Å². The van der Waals surface area contributed by atoms with Gasteiger partial charge in [0.25, 0.3) is 0 Å². The molecule has 86 valence electrons. The van der Waals surface area contributed by atoms with Crippen molar-refractivity contribution in [3.8, 4) is 0 Å². The van der Waals surface area contributed by atoms with E-state index in [4.69, 9.17) is 0 Å². The number of para-hydroxylation sites is 2. The van der Waals surface area contributed by atoms with E-state index in [-0.39, 0.29) is 0 Å². The minimum absolute atomic E-state index is 0.892. The SMILES string of the molecule is C[Si](C)(C)CCCn1cnc2ccccc21. The van der Waals surface area contributed by atoms with Gasteiger partial charge in [0.05, 0.1) is 17.4 Å². The third-order valence-corrected chi connectivity index (χ3v) is 4.71. The van der Waals surface area contributed by atoms with E-state index < -0.39 is 8.07 Å². The van der Waals surface area contributed by atoms with Crippen LogP contribution in [0.1, 0.15) is 6.42 Å². The van der Waals surface area contributed by atoms with Gasteiger partial charge in [-0.3, -0.25) is 0 Å². The van der Waals surface area contributed by atoms with Crippen LogP contribution in [0.25, 0.3) is 11.0 Å². The number of aromatic nitrogens is 2. The van der Waals surface area contributed by atoms with Gasteiger partial charge in [-0.15, -0.1) is 0 Å². The minimum Gasteiger partial charge on any atom is -0.331 e. The molecule has 0 amide bonds. The maximum atomic E-state index is 4.41. The molecule has 0 saturated heterocycles. The van der Waals surface area contributed by atoms with Crippen molar-refractivity contribution in [3.63, 3.8) is 0 Å². The molecule has 2 rings (SSSR count). The molecule has 1 aromatic carbocycles. The number of hydrogen-bond acceptors (Lipinski definition) is 1. The molecule has 1 aromatic heterocycles. The van der Waals surface area contributed by atoms with Gasteiger partial charge < -0.3 is 4.57 Å². The van der Waals surface area contributed by atoms with Crippen LogP contribution in [0.15, 0.2) is 30.6 Å². The molecular weight excluding hydrogens is 212 g/mol. The maximum Gasteiger partial charge on any atom is 0.0958 e. The highest BCUT2D eigenvalue weighted by atomic mass is 28.3. The van der Waals surface area contributed by atoms with Gasteiger partial charge >= 0.3 is 0 Å². The first-order valence-electron chi connectivity index (χ1n) is 5.96. The molecule has 2 aromatic rings. The Kier molecular flexibility index (Phi) is 3.14. The summed E-state index contributed by atoms with van der Waals surface area (Å²) >= 11 is 0. The molecule has 0 N–H and O–H groups in total. The Labute approximate surface area is 98.3 Å². The smallest absolute Gasteiger partial charge is 0.0958 e. The van der Waals surface area contributed by atoms with E-state index in [0.29, 0.717) is 0 Å². The molecule has 16 heavy (non-hydrogen) atoms. The predicted molar refractivity (Wildman–Crippen MR) is 72.5 cm³/mol. The Morgan fingerprint density at radius 3 is 2.69 bits per heavy atom. The van der Waals surface area contributed by atoms with E-state index in [1.165, 1.54) is 18.0 Å². The van der Waals surface area contributed by atoms with Crippen molar-refractivity contribution in [2.24, 2.45) is 0 Å². The Hall–Kier alpha value is -1.09. The Balaban J connectivity index is 2.05. The monoisotopic (exact) mass is 232 g/mol. The molecule has 0 unspecified atom stereocenters. The predicted octanol–water partition coefficient (Wildman–Crippen LogP) is 3.76. The van der Waals surface area contributed by atoms with E-state index >= 15 is 0 Å². The summed E-state index contributed by atoms with van der Waals surface area (Å²) in [4.78, 5) is 4.41. The Bertz CT molecular complexity index is 468. The molecule has 0 fully saturated rings. The average molecular weight is 232 g/mol. The standard InChI is InChI=1S/C13H20N2Si/c1-16(2,3)10-6-9-15-11-14-12-7-4-5-8-13(12)15/h4-5,7-8,11H,6,9-10H2,1-3H3. The van der Waals surface area contributed by atoms with Gasteiger partial charge in [0.15, 0.2) is 0 Å². The summed E-state index contributed by atoms with van der Waals surface area (Å²) in [6.45, 7) is 8.39. The maximum absolute atomic E-state index is 4.41. The molecule has 1 heterocycles. The van der Waals surface area contributed by atoms with Crippen molar-refractivity contribution >= 4 is 19.1 Å². The van der Waals surface area contributed by atoms with Gasteiger partial charge in [-0.2, -0.15) is 0 Å². The summed E-state index contributed by atoms with van der Waals surface area (Å²) in [6, 6.07) is 9.74. The quantitative estimate of drug-likeness (QED) is 0.734. The molecule has 3 heteroatoms. The molecule has 0 bridgehead atoms. The lowest BCUT2D eigenvalue weighted by Crippen LogP contribution is -2.19. The fraction of sp³-hybridized carbons (Fsp3) is 0.462. The normalized spacial score (nSPS) is 12.2. The summed E-state index contributed by atoms with van der Waals surface area (Å²) < 4.78 is 2.27. The van der Waals surface area contributed by atoms with Crippen molar-refractivity contribution < 1.29 is 0 Å². The first kappa shape index (κ1) is 11.4. The van der Waals surface area contributed by atoms with Gasteiger partial charge in [0.2, 0.25) is 0 Å². The highest BCUT2D eigenvalue weighted by molar-refractivity contribution is 6.76. The van der Waals surface area contributed by atoms with Crippen molar-refractivity contribution in [2.45, 2.75) is 38.7 Å². The van der Waals surface area contributed by atoms with E-state index in [2.05, 4.69) is 47.4 Å². The minimum atomic E-state index is -0.892. The zero-order valence-electron chi connectivity index (χ0n) is 10.4. The van der Waals surface area contributed by atoms with Crippen LogP contribution in [0.2, 0.25) is 25.7 Å². The summed E-state index contributed by atoms with van der Waals surface area (Å²) in [5.74, 6) is 0. The van der Waals surface area contributed by atoms with E-state index in [1.807, 2.05) is 12.4 Å². The highest BCUT2D eigenvalue weighted by Gasteiger charge is 2.12. The van der Waals surface area contributed by atoms with Gasteiger partial charge in [-0.05, 0) is 18.6 Å². The summed E-state index contributed by atoms with van der Waals surface area (Å²) in [5, 5.41) is 0. The van der Waals surface area contributed by atoms with Gasteiger partial charge in [0, 0.05) is 14.6 Å². The van der Waals surface area contributed by atoms with Crippen molar-refractivity contribution in [1.82, 2.24) is 9.55 Å². The van der Waals surface area contributed by atoms with Gasteiger partial charge in [0.1, 0.15) is 0 Å². The van der Waals surface area contributed by atoms with Crippen molar-refractivity contribution in [2.75, 3.05) is 0 Å². The molecule has 0 aliphatic rings. The summed E-state index contributed by atoms with van der Waals surface area (Å²) in [6.07, 6.45) is 3.24. The fourth-order valence-corrected chi connectivity index (χ4v) is 3.19. The van der Waals surface area contributed by atoms with Gasteiger partial charge in [-0.25, -0.2) is 4.98 Å². The van der Waals surface area contributed by atoms with Crippen LogP contribution in [0.4, 0.5) is 0 Å². The molecule has 0 radical (unpaired) electrons. The number of aryl methyl sites for hydroxylation is 1.